The molecule has 3 N–H and O–H groups in total. The van der Waals surface area contributed by atoms with E-state index in [1.54, 1.807) is 11.6 Å². The van der Waals surface area contributed by atoms with Crippen LogP contribution < -0.4 is 5.73 Å². The van der Waals surface area contributed by atoms with Gasteiger partial charge in [0.2, 0.25) is 0 Å². The van der Waals surface area contributed by atoms with Gasteiger partial charge in [0, 0.05) is 36.9 Å². The second kappa shape index (κ2) is 6.61. The molecule has 144 valence electrons. The van der Waals surface area contributed by atoms with Crippen molar-refractivity contribution in [3.63, 3.8) is 0 Å². The van der Waals surface area contributed by atoms with E-state index in [-0.39, 0.29) is 11.0 Å². The van der Waals surface area contributed by atoms with Crippen LogP contribution in [0.1, 0.15) is 35.7 Å². The highest BCUT2D eigenvalue weighted by Crippen LogP contribution is 2.38. The van der Waals surface area contributed by atoms with Crippen LogP contribution in [-0.2, 0) is 10.2 Å². The third kappa shape index (κ3) is 2.98. The molecule has 1 aliphatic heterocycles. The van der Waals surface area contributed by atoms with Gasteiger partial charge in [0.05, 0.1) is 17.7 Å². The van der Waals surface area contributed by atoms with E-state index >= 15 is 0 Å². The number of rotatable bonds is 5. The smallest absolute Gasteiger partial charge is 0.251 e. The maximum absolute atomic E-state index is 13.9. The number of carbonyl (C=O) groups is 1. The molecule has 7 nitrogen and oxygen atoms in total. The summed E-state index contributed by atoms with van der Waals surface area (Å²) in [5.74, 6) is -1.19. The molecule has 1 amide bonds. The van der Waals surface area contributed by atoms with Gasteiger partial charge in [-0.3, -0.25) is 9.89 Å². The fraction of sp³-hybridized carbons (Fsp3) is 0.474. The maximum atomic E-state index is 13.9. The first-order valence-electron chi connectivity index (χ1n) is 9.13. The summed E-state index contributed by atoms with van der Waals surface area (Å²) in [5, 5.41) is 3.18. The van der Waals surface area contributed by atoms with Gasteiger partial charge in [-0.05, 0) is 32.0 Å². The van der Waals surface area contributed by atoms with Crippen molar-refractivity contribution in [2.24, 2.45) is 5.73 Å². The van der Waals surface area contributed by atoms with Gasteiger partial charge in [-0.15, -0.1) is 0 Å². The molecule has 0 atom stereocenters. The van der Waals surface area contributed by atoms with Crippen molar-refractivity contribution in [3.05, 3.63) is 35.3 Å². The third-order valence-electron chi connectivity index (χ3n) is 5.78. The van der Waals surface area contributed by atoms with Gasteiger partial charge < -0.3 is 15.4 Å². The zero-order chi connectivity index (χ0) is 19.2. The number of nitrogens with two attached hydrogens (primary N) is 1. The number of aromatic nitrogens is 3. The number of imidazole rings is 1. The molecule has 1 saturated heterocycles. The lowest BCUT2D eigenvalue weighted by molar-refractivity contribution is 0.100. The molecule has 1 aromatic carbocycles. The summed E-state index contributed by atoms with van der Waals surface area (Å²) in [6, 6.07) is 2.50. The van der Waals surface area contributed by atoms with Crippen LogP contribution in [0.25, 0.3) is 16.7 Å². The molecule has 0 spiro atoms. The Kier molecular flexibility index (Phi) is 4.39. The SMILES string of the molecule is COCCN1CCC(C)(c2c[nH]n3c2nc2cc(F)cc(C(N)=O)c23)CC1. The van der Waals surface area contributed by atoms with Crippen LogP contribution in [0.2, 0.25) is 0 Å². The standard InChI is InChI=1S/C19H24FN5O2/c1-19(3-5-24(6-4-19)7-8-27-2)14-11-22-25-16-13(17(21)26)9-12(20)10-15(16)23-18(14)25/h9-11,22H,3-8H2,1-2H3,(H2,21,26). The number of piperidine rings is 1. The Labute approximate surface area is 156 Å². The van der Waals surface area contributed by atoms with Crippen LogP contribution in [-0.4, -0.2) is 58.8 Å². The number of primary amides is 1. The van der Waals surface area contributed by atoms with Gasteiger partial charge in [-0.2, -0.15) is 0 Å². The predicted molar refractivity (Wildman–Crippen MR) is 100 cm³/mol. The zero-order valence-electron chi connectivity index (χ0n) is 15.6. The van der Waals surface area contributed by atoms with Crippen molar-refractivity contribution < 1.29 is 13.9 Å². The molecule has 0 bridgehead atoms. The molecule has 2 aromatic heterocycles. The molecule has 0 aliphatic carbocycles. The third-order valence-corrected chi connectivity index (χ3v) is 5.78. The molecule has 0 radical (unpaired) electrons. The molecule has 8 heteroatoms. The predicted octanol–water partition coefficient (Wildman–Crippen LogP) is 2.05. The summed E-state index contributed by atoms with van der Waals surface area (Å²) in [6.07, 6.45) is 3.93. The Morgan fingerprint density at radius 2 is 2.15 bits per heavy atom. The van der Waals surface area contributed by atoms with Crippen LogP contribution in [0.4, 0.5) is 4.39 Å². The molecule has 4 rings (SSSR count). The second-order valence-electron chi connectivity index (χ2n) is 7.54. The number of ether oxygens (including phenoxy) is 1. The molecule has 3 aromatic rings. The van der Waals surface area contributed by atoms with Crippen molar-refractivity contribution in [3.8, 4) is 0 Å². The molecule has 1 fully saturated rings. The number of benzene rings is 1. The first kappa shape index (κ1) is 17.9. The molecular formula is C19H24FN5O2. The van der Waals surface area contributed by atoms with Gasteiger partial charge in [-0.1, -0.05) is 6.92 Å². The lowest BCUT2D eigenvalue weighted by Crippen LogP contribution is -2.42. The Balaban J connectivity index is 1.74. The van der Waals surface area contributed by atoms with E-state index in [0.29, 0.717) is 11.0 Å². The average Bonchev–Trinajstić information content (AvgIpc) is 3.19. The topological polar surface area (TPSA) is 88.7 Å². The molecule has 1 aliphatic rings. The minimum absolute atomic E-state index is 0.0440. The Hall–Kier alpha value is -2.45. The molecule has 3 heterocycles. The minimum atomic E-state index is -0.671. The summed E-state index contributed by atoms with van der Waals surface area (Å²) in [7, 11) is 1.72. The van der Waals surface area contributed by atoms with Gasteiger partial charge >= 0.3 is 0 Å². The molecule has 0 unspecified atom stereocenters. The van der Waals surface area contributed by atoms with Gasteiger partial charge in [-0.25, -0.2) is 13.9 Å². The highest BCUT2D eigenvalue weighted by atomic mass is 19.1. The number of methoxy groups -OCH3 is 1. The van der Waals surface area contributed by atoms with Crippen molar-refractivity contribution in [2.45, 2.75) is 25.2 Å². The van der Waals surface area contributed by atoms with E-state index in [1.807, 2.05) is 6.20 Å². The number of halogens is 1. The van der Waals surface area contributed by atoms with E-state index in [9.17, 15) is 9.18 Å². The van der Waals surface area contributed by atoms with Crippen molar-refractivity contribution in [1.82, 2.24) is 19.5 Å². The van der Waals surface area contributed by atoms with E-state index < -0.39 is 11.7 Å². The highest BCUT2D eigenvalue weighted by Gasteiger charge is 2.35. The Morgan fingerprint density at radius 3 is 2.81 bits per heavy atom. The minimum Gasteiger partial charge on any atom is -0.383 e. The second-order valence-corrected chi connectivity index (χ2v) is 7.54. The molecular weight excluding hydrogens is 349 g/mol. The quantitative estimate of drug-likeness (QED) is 0.716. The Bertz CT molecular complexity index is 1000. The molecule has 27 heavy (non-hydrogen) atoms. The van der Waals surface area contributed by atoms with Crippen LogP contribution in [0.3, 0.4) is 0 Å². The van der Waals surface area contributed by atoms with E-state index in [2.05, 4.69) is 21.9 Å². The van der Waals surface area contributed by atoms with Crippen LogP contribution in [0, 0.1) is 5.82 Å². The number of carbonyl (C=O) groups excluding carboxylic acids is 1. The first-order chi connectivity index (χ1) is 12.9. The van der Waals surface area contributed by atoms with Crippen molar-refractivity contribution in [1.29, 1.82) is 0 Å². The summed E-state index contributed by atoms with van der Waals surface area (Å²) < 4.78 is 20.8. The van der Waals surface area contributed by atoms with Gasteiger partial charge in [0.25, 0.3) is 5.91 Å². The maximum Gasteiger partial charge on any atom is 0.251 e. The zero-order valence-corrected chi connectivity index (χ0v) is 15.6. The average molecular weight is 373 g/mol. The van der Waals surface area contributed by atoms with E-state index in [1.165, 1.54) is 6.07 Å². The number of likely N-dealkylation sites (tertiary alicyclic amines) is 1. The number of hydrogen-bond donors (Lipinski definition) is 2. The summed E-state index contributed by atoms with van der Waals surface area (Å²) in [4.78, 5) is 18.8. The number of fused-ring (bicyclic) bond motifs is 3. The normalized spacial score (nSPS) is 17.7. The number of aromatic amines is 1. The lowest BCUT2D eigenvalue weighted by Gasteiger charge is -2.38. The lowest BCUT2D eigenvalue weighted by atomic mass is 9.75. The van der Waals surface area contributed by atoms with Crippen LogP contribution >= 0.6 is 0 Å². The fourth-order valence-electron chi connectivity index (χ4n) is 4.07. The Morgan fingerprint density at radius 1 is 1.41 bits per heavy atom. The summed E-state index contributed by atoms with van der Waals surface area (Å²) in [6.45, 7) is 5.87. The van der Waals surface area contributed by atoms with E-state index in [0.717, 1.165) is 56.4 Å². The fourth-order valence-corrected chi connectivity index (χ4v) is 4.07. The number of nitrogens with zero attached hydrogens (tertiary/aromatic N) is 3. The van der Waals surface area contributed by atoms with Crippen LogP contribution in [0.15, 0.2) is 18.3 Å². The first-order valence-corrected chi connectivity index (χ1v) is 9.13. The number of H-pyrrole nitrogens is 1. The highest BCUT2D eigenvalue weighted by molar-refractivity contribution is 6.05. The molecule has 0 saturated carbocycles. The van der Waals surface area contributed by atoms with Gasteiger partial charge in [0.1, 0.15) is 11.3 Å². The van der Waals surface area contributed by atoms with Crippen LogP contribution in [0.5, 0.6) is 0 Å². The van der Waals surface area contributed by atoms with Crippen molar-refractivity contribution in [2.75, 3.05) is 33.4 Å². The summed E-state index contributed by atoms with van der Waals surface area (Å²) in [5.41, 5.74) is 8.30. The van der Waals surface area contributed by atoms with Crippen molar-refractivity contribution >= 4 is 22.6 Å². The number of hydrogen-bond acceptors (Lipinski definition) is 4. The number of amides is 1. The monoisotopic (exact) mass is 373 g/mol. The summed E-state index contributed by atoms with van der Waals surface area (Å²) >= 11 is 0. The number of nitrogens with one attached hydrogen (secondary N) is 1. The van der Waals surface area contributed by atoms with E-state index in [4.69, 9.17) is 10.5 Å². The van der Waals surface area contributed by atoms with Gasteiger partial charge in [0.15, 0.2) is 5.65 Å². The largest absolute Gasteiger partial charge is 0.383 e.